The van der Waals surface area contributed by atoms with E-state index in [1.807, 2.05) is 31.2 Å². The van der Waals surface area contributed by atoms with E-state index >= 15 is 0 Å². The Hall–Kier alpha value is -1.15. The molecule has 2 unspecified atom stereocenters. The van der Waals surface area contributed by atoms with Gasteiger partial charge in [-0.3, -0.25) is 4.79 Å². The second kappa shape index (κ2) is 9.73. The third kappa shape index (κ3) is 6.01. The molecular weight excluding hydrogens is 260 g/mol. The highest BCUT2D eigenvalue weighted by molar-refractivity contribution is 5.99. The molecule has 0 aliphatic heterocycles. The van der Waals surface area contributed by atoms with Gasteiger partial charge in [-0.15, -0.1) is 0 Å². The number of hydrogen-bond donors (Lipinski definition) is 0. The molecule has 0 bridgehead atoms. The highest BCUT2D eigenvalue weighted by Crippen LogP contribution is 2.15. The highest BCUT2D eigenvalue weighted by atomic mass is 16.5. The van der Waals surface area contributed by atoms with Gasteiger partial charge in [-0.1, -0.05) is 64.3 Å². The fourth-order valence-electron chi connectivity index (χ4n) is 2.39. The first-order valence-electron chi connectivity index (χ1n) is 8.37. The molecule has 1 aromatic carbocycles. The van der Waals surface area contributed by atoms with Crippen LogP contribution in [0.5, 0.6) is 0 Å². The molecule has 0 aliphatic rings. The van der Waals surface area contributed by atoms with Gasteiger partial charge in [0.1, 0.15) is 6.10 Å². The van der Waals surface area contributed by atoms with Crippen LogP contribution in [-0.2, 0) is 11.2 Å². The number of hydrogen-bond acceptors (Lipinski definition) is 2. The lowest BCUT2D eigenvalue weighted by molar-refractivity contribution is 0.0321. The minimum Gasteiger partial charge on any atom is -0.370 e. The molecule has 1 rings (SSSR count). The van der Waals surface area contributed by atoms with Crippen LogP contribution in [-0.4, -0.2) is 18.5 Å². The molecule has 0 fully saturated rings. The Morgan fingerprint density at radius 3 is 2.33 bits per heavy atom. The van der Waals surface area contributed by atoms with Crippen molar-refractivity contribution in [2.24, 2.45) is 5.92 Å². The molecule has 0 amide bonds. The van der Waals surface area contributed by atoms with Crippen LogP contribution < -0.4 is 0 Å². The fourth-order valence-corrected chi connectivity index (χ4v) is 2.39. The van der Waals surface area contributed by atoms with E-state index in [0.717, 1.165) is 18.4 Å². The van der Waals surface area contributed by atoms with Crippen molar-refractivity contribution in [3.8, 4) is 0 Å². The van der Waals surface area contributed by atoms with Crippen molar-refractivity contribution >= 4 is 5.78 Å². The Morgan fingerprint density at radius 2 is 1.81 bits per heavy atom. The molecule has 2 atom stereocenters. The second-order valence-electron chi connectivity index (χ2n) is 5.81. The maximum absolute atomic E-state index is 12.3. The molecule has 0 heterocycles. The van der Waals surface area contributed by atoms with Gasteiger partial charge in [0.25, 0.3) is 0 Å². The van der Waals surface area contributed by atoms with Gasteiger partial charge in [0.05, 0.1) is 6.61 Å². The Labute approximate surface area is 129 Å². The van der Waals surface area contributed by atoms with E-state index < -0.39 is 0 Å². The number of rotatable bonds is 10. The normalized spacial score (nSPS) is 13.9. The molecule has 2 nitrogen and oxygen atoms in total. The zero-order valence-electron chi connectivity index (χ0n) is 14.0. The van der Waals surface area contributed by atoms with Crippen molar-refractivity contribution in [2.75, 3.05) is 6.61 Å². The quantitative estimate of drug-likeness (QED) is 0.563. The standard InChI is InChI=1S/C19H30O2/c1-5-8-9-17(7-3)14-21-15(4)19(20)18-12-10-16(6-2)11-13-18/h10-13,15,17H,5-9,14H2,1-4H3. The van der Waals surface area contributed by atoms with Crippen LogP contribution in [0.4, 0.5) is 0 Å². The van der Waals surface area contributed by atoms with Crippen LogP contribution in [0.3, 0.4) is 0 Å². The van der Waals surface area contributed by atoms with Gasteiger partial charge in [-0.2, -0.15) is 0 Å². The van der Waals surface area contributed by atoms with Gasteiger partial charge < -0.3 is 4.74 Å². The van der Waals surface area contributed by atoms with Crippen LogP contribution in [0.25, 0.3) is 0 Å². The largest absolute Gasteiger partial charge is 0.370 e. The summed E-state index contributed by atoms with van der Waals surface area (Å²) in [6.07, 6.45) is 5.41. The Bertz CT molecular complexity index is 408. The Morgan fingerprint density at radius 1 is 1.14 bits per heavy atom. The zero-order valence-corrected chi connectivity index (χ0v) is 14.0. The smallest absolute Gasteiger partial charge is 0.191 e. The summed E-state index contributed by atoms with van der Waals surface area (Å²) in [6, 6.07) is 7.87. The minimum absolute atomic E-state index is 0.0861. The van der Waals surface area contributed by atoms with Crippen molar-refractivity contribution in [3.63, 3.8) is 0 Å². The lowest BCUT2D eigenvalue weighted by Gasteiger charge is -2.18. The average molecular weight is 290 g/mol. The fraction of sp³-hybridized carbons (Fsp3) is 0.632. The summed E-state index contributed by atoms with van der Waals surface area (Å²) in [6.45, 7) is 9.07. The summed E-state index contributed by atoms with van der Waals surface area (Å²) in [4.78, 5) is 12.3. The van der Waals surface area contributed by atoms with Crippen molar-refractivity contribution in [2.45, 2.75) is 65.9 Å². The van der Waals surface area contributed by atoms with Crippen molar-refractivity contribution < 1.29 is 9.53 Å². The number of carbonyl (C=O) groups is 1. The molecule has 2 heteroatoms. The van der Waals surface area contributed by atoms with Crippen LogP contribution in [0.15, 0.2) is 24.3 Å². The van der Waals surface area contributed by atoms with Crippen LogP contribution >= 0.6 is 0 Å². The molecule has 0 radical (unpaired) electrons. The Kier molecular flexibility index (Phi) is 8.29. The van der Waals surface area contributed by atoms with Gasteiger partial charge in [0, 0.05) is 5.56 Å². The number of benzene rings is 1. The van der Waals surface area contributed by atoms with Crippen molar-refractivity contribution in [3.05, 3.63) is 35.4 Å². The average Bonchev–Trinajstić information content (AvgIpc) is 2.54. The predicted octanol–water partition coefficient (Wildman–Crippen LogP) is 5.05. The summed E-state index contributed by atoms with van der Waals surface area (Å²) in [7, 11) is 0. The van der Waals surface area contributed by atoms with Crippen molar-refractivity contribution in [1.82, 2.24) is 0 Å². The van der Waals surface area contributed by atoms with Gasteiger partial charge >= 0.3 is 0 Å². The monoisotopic (exact) mass is 290 g/mol. The first-order valence-corrected chi connectivity index (χ1v) is 8.37. The maximum Gasteiger partial charge on any atom is 0.191 e. The molecule has 0 saturated heterocycles. The molecule has 0 aromatic heterocycles. The molecule has 0 saturated carbocycles. The SMILES string of the molecule is CCCCC(CC)COC(C)C(=O)c1ccc(CC)cc1. The summed E-state index contributed by atoms with van der Waals surface area (Å²) < 4.78 is 5.82. The third-order valence-electron chi connectivity index (χ3n) is 4.14. The number of ketones is 1. The highest BCUT2D eigenvalue weighted by Gasteiger charge is 2.17. The van der Waals surface area contributed by atoms with E-state index in [4.69, 9.17) is 4.74 Å². The lowest BCUT2D eigenvalue weighted by atomic mass is 10.00. The number of unbranched alkanes of at least 4 members (excludes halogenated alkanes) is 1. The molecule has 1 aromatic rings. The maximum atomic E-state index is 12.3. The van der Waals surface area contributed by atoms with Crippen LogP contribution in [0.1, 0.15) is 69.3 Å². The minimum atomic E-state index is -0.354. The second-order valence-corrected chi connectivity index (χ2v) is 5.81. The van der Waals surface area contributed by atoms with E-state index in [9.17, 15) is 4.79 Å². The molecular formula is C19H30O2. The van der Waals surface area contributed by atoms with Gasteiger partial charge in [0.2, 0.25) is 0 Å². The van der Waals surface area contributed by atoms with Gasteiger partial charge in [0.15, 0.2) is 5.78 Å². The van der Waals surface area contributed by atoms with Gasteiger partial charge in [-0.25, -0.2) is 0 Å². The summed E-state index contributed by atoms with van der Waals surface area (Å²) in [5.41, 5.74) is 2.01. The van der Waals surface area contributed by atoms with E-state index in [0.29, 0.717) is 12.5 Å². The van der Waals surface area contributed by atoms with Crippen LogP contribution in [0, 0.1) is 5.92 Å². The van der Waals surface area contributed by atoms with E-state index in [2.05, 4.69) is 20.8 Å². The number of Topliss-reactive ketones (excluding diaryl/α,β-unsaturated/α-hetero) is 1. The third-order valence-corrected chi connectivity index (χ3v) is 4.14. The molecule has 118 valence electrons. The zero-order chi connectivity index (χ0) is 15.7. The summed E-state index contributed by atoms with van der Waals surface area (Å²) >= 11 is 0. The lowest BCUT2D eigenvalue weighted by Crippen LogP contribution is -2.24. The number of ether oxygens (including phenoxy) is 1. The Balaban J connectivity index is 2.49. The first-order chi connectivity index (χ1) is 10.1. The first kappa shape index (κ1) is 17.9. The molecule has 0 aliphatic carbocycles. The van der Waals surface area contributed by atoms with Crippen molar-refractivity contribution in [1.29, 1.82) is 0 Å². The topological polar surface area (TPSA) is 26.3 Å². The summed E-state index contributed by atoms with van der Waals surface area (Å²) in [5.74, 6) is 0.658. The van der Waals surface area contributed by atoms with E-state index in [1.54, 1.807) is 0 Å². The van der Waals surface area contributed by atoms with E-state index in [-0.39, 0.29) is 11.9 Å². The molecule has 21 heavy (non-hydrogen) atoms. The van der Waals surface area contributed by atoms with Crippen LogP contribution in [0.2, 0.25) is 0 Å². The molecule has 0 spiro atoms. The number of aryl methyl sites for hydroxylation is 1. The number of carbonyl (C=O) groups excluding carboxylic acids is 1. The molecule has 0 N–H and O–H groups in total. The van der Waals surface area contributed by atoms with E-state index in [1.165, 1.54) is 24.8 Å². The summed E-state index contributed by atoms with van der Waals surface area (Å²) in [5, 5.41) is 0. The predicted molar refractivity (Wildman–Crippen MR) is 88.9 cm³/mol. The van der Waals surface area contributed by atoms with Gasteiger partial charge in [-0.05, 0) is 31.2 Å².